The van der Waals surface area contributed by atoms with E-state index >= 15 is 0 Å². The molecule has 0 bridgehead atoms. The van der Waals surface area contributed by atoms with Crippen molar-refractivity contribution in [2.24, 2.45) is 5.73 Å². The Morgan fingerprint density at radius 1 is 1.59 bits per heavy atom. The largest absolute Gasteiger partial charge is 0.481 e. The van der Waals surface area contributed by atoms with E-state index in [0.717, 1.165) is 6.07 Å². The van der Waals surface area contributed by atoms with Crippen LogP contribution in [0.4, 0.5) is 5.69 Å². The molecule has 2 atom stereocenters. The van der Waals surface area contributed by atoms with Gasteiger partial charge in [-0.2, -0.15) is 0 Å². The monoisotopic (exact) mass is 243 g/mol. The van der Waals surface area contributed by atoms with Crippen LogP contribution in [-0.4, -0.2) is 39.9 Å². The van der Waals surface area contributed by atoms with Gasteiger partial charge < -0.3 is 20.7 Å². The van der Waals surface area contributed by atoms with Crippen molar-refractivity contribution in [1.82, 2.24) is 4.98 Å². The summed E-state index contributed by atoms with van der Waals surface area (Å²) in [4.78, 5) is 13.8. The fraction of sp³-hybridized carbons (Fsp3) is 0.444. The summed E-state index contributed by atoms with van der Waals surface area (Å²) < 4.78 is 4.80. The van der Waals surface area contributed by atoms with E-state index in [4.69, 9.17) is 10.5 Å². The number of pyridine rings is 1. The zero-order valence-electron chi connectivity index (χ0n) is 9.11. The minimum atomic E-state index is -1.53. The Morgan fingerprint density at radius 3 is 2.71 bits per heavy atom. The lowest BCUT2D eigenvalue weighted by Crippen LogP contribution is -2.28. The van der Waals surface area contributed by atoms with Crippen LogP contribution in [0.1, 0.15) is 11.8 Å². The normalized spacial score (nSPS) is 14.1. The number of nitrogens with two attached hydrogens (primary N) is 1. The Hall–Kier alpha value is -1.77. The van der Waals surface area contributed by atoms with Crippen molar-refractivity contribution in [3.63, 3.8) is 0 Å². The van der Waals surface area contributed by atoms with Gasteiger partial charge in [0.25, 0.3) is 5.69 Å². The van der Waals surface area contributed by atoms with Crippen molar-refractivity contribution in [3.05, 3.63) is 27.9 Å². The summed E-state index contributed by atoms with van der Waals surface area (Å²) in [5.41, 5.74) is 4.50. The van der Waals surface area contributed by atoms with E-state index in [-0.39, 0.29) is 18.1 Å². The van der Waals surface area contributed by atoms with Crippen LogP contribution in [0.3, 0.4) is 0 Å². The molecule has 2 unspecified atom stereocenters. The summed E-state index contributed by atoms with van der Waals surface area (Å²) in [6.07, 6.45) is -2.86. The molecule has 1 rings (SSSR count). The molecule has 1 aromatic rings. The molecule has 1 aromatic heterocycles. The Balaban J connectivity index is 3.21. The van der Waals surface area contributed by atoms with Crippen LogP contribution >= 0.6 is 0 Å². The maximum atomic E-state index is 10.7. The van der Waals surface area contributed by atoms with Gasteiger partial charge in [-0.3, -0.25) is 10.1 Å². The Bertz CT molecular complexity index is 412. The highest BCUT2D eigenvalue weighted by atomic mass is 16.6. The summed E-state index contributed by atoms with van der Waals surface area (Å²) in [5.74, 6) is 0.105. The fourth-order valence-electron chi connectivity index (χ4n) is 1.25. The first-order valence-corrected chi connectivity index (χ1v) is 4.76. The number of aromatic nitrogens is 1. The Morgan fingerprint density at radius 2 is 2.24 bits per heavy atom. The van der Waals surface area contributed by atoms with Gasteiger partial charge in [-0.25, -0.2) is 4.98 Å². The topological polar surface area (TPSA) is 132 Å². The molecule has 0 spiro atoms. The van der Waals surface area contributed by atoms with E-state index in [1.807, 2.05) is 0 Å². The highest BCUT2D eigenvalue weighted by molar-refractivity contribution is 5.39. The van der Waals surface area contributed by atoms with Crippen molar-refractivity contribution >= 4 is 5.69 Å². The second kappa shape index (κ2) is 5.53. The summed E-state index contributed by atoms with van der Waals surface area (Å²) >= 11 is 0. The van der Waals surface area contributed by atoms with E-state index in [1.54, 1.807) is 0 Å². The van der Waals surface area contributed by atoms with Crippen molar-refractivity contribution in [1.29, 1.82) is 0 Å². The molecule has 4 N–H and O–H groups in total. The standard InChI is InChI=1S/C9H13N3O5/c1-17-7-3-2-5(12(15)16)8(11-7)9(14)6(13)4-10/h2-3,6,9,13-14H,4,10H2,1H3. The average Bonchev–Trinajstić information content (AvgIpc) is 2.35. The third-order valence-electron chi connectivity index (χ3n) is 2.17. The summed E-state index contributed by atoms with van der Waals surface area (Å²) in [6.45, 7) is -0.239. The third kappa shape index (κ3) is 2.87. The molecule has 1 heterocycles. The molecule has 0 aliphatic carbocycles. The van der Waals surface area contributed by atoms with Gasteiger partial charge in [-0.1, -0.05) is 0 Å². The number of aliphatic hydroxyl groups is 2. The second-order valence-corrected chi connectivity index (χ2v) is 3.26. The molecule has 0 aliphatic rings. The van der Waals surface area contributed by atoms with Crippen LogP contribution in [0, 0.1) is 10.1 Å². The molecule has 0 amide bonds. The molecule has 0 radical (unpaired) electrons. The Labute approximate surface area is 96.8 Å². The average molecular weight is 243 g/mol. The van der Waals surface area contributed by atoms with Crippen molar-refractivity contribution in [3.8, 4) is 5.88 Å². The fourth-order valence-corrected chi connectivity index (χ4v) is 1.25. The molecule has 0 aliphatic heterocycles. The van der Waals surface area contributed by atoms with Gasteiger partial charge in [-0.05, 0) is 0 Å². The van der Waals surface area contributed by atoms with Gasteiger partial charge in [0.1, 0.15) is 6.10 Å². The van der Waals surface area contributed by atoms with Gasteiger partial charge in [0, 0.05) is 18.7 Å². The molecule has 17 heavy (non-hydrogen) atoms. The zero-order valence-corrected chi connectivity index (χ0v) is 9.11. The van der Waals surface area contributed by atoms with Gasteiger partial charge in [0.2, 0.25) is 5.88 Å². The van der Waals surface area contributed by atoms with Gasteiger partial charge >= 0.3 is 0 Å². The maximum absolute atomic E-state index is 10.7. The van der Waals surface area contributed by atoms with Crippen molar-refractivity contribution < 1.29 is 19.9 Å². The number of nitrogens with zero attached hydrogens (tertiary/aromatic N) is 2. The SMILES string of the molecule is COc1ccc([N+](=O)[O-])c(C(O)C(O)CN)n1. The molecular formula is C9H13N3O5. The van der Waals surface area contributed by atoms with E-state index in [9.17, 15) is 20.3 Å². The molecule has 8 heteroatoms. The lowest BCUT2D eigenvalue weighted by Gasteiger charge is -2.15. The number of aliphatic hydroxyl groups excluding tert-OH is 2. The lowest BCUT2D eigenvalue weighted by atomic mass is 10.1. The molecule has 8 nitrogen and oxygen atoms in total. The summed E-state index contributed by atoms with van der Waals surface area (Å²) in [6, 6.07) is 2.44. The zero-order chi connectivity index (χ0) is 13.0. The lowest BCUT2D eigenvalue weighted by molar-refractivity contribution is -0.386. The van der Waals surface area contributed by atoms with Crippen LogP contribution in [0.15, 0.2) is 12.1 Å². The number of hydrogen-bond acceptors (Lipinski definition) is 7. The number of methoxy groups -OCH3 is 1. The van der Waals surface area contributed by atoms with Crippen LogP contribution in [0.5, 0.6) is 5.88 Å². The molecular weight excluding hydrogens is 230 g/mol. The van der Waals surface area contributed by atoms with E-state index in [0.29, 0.717) is 0 Å². The summed E-state index contributed by atoms with van der Waals surface area (Å²) in [7, 11) is 1.34. The first-order chi connectivity index (χ1) is 8.01. The number of hydrogen-bond donors (Lipinski definition) is 3. The predicted molar refractivity (Wildman–Crippen MR) is 57.5 cm³/mol. The van der Waals surface area contributed by atoms with Crippen LogP contribution in [0.25, 0.3) is 0 Å². The minimum Gasteiger partial charge on any atom is -0.481 e. The van der Waals surface area contributed by atoms with Gasteiger partial charge in [0.05, 0.1) is 18.1 Å². The molecule has 0 aromatic carbocycles. The van der Waals surface area contributed by atoms with Crippen LogP contribution in [0.2, 0.25) is 0 Å². The highest BCUT2D eigenvalue weighted by Crippen LogP contribution is 2.27. The van der Waals surface area contributed by atoms with Crippen molar-refractivity contribution in [2.75, 3.05) is 13.7 Å². The first-order valence-electron chi connectivity index (χ1n) is 4.76. The Kier molecular flexibility index (Phi) is 4.32. The van der Waals surface area contributed by atoms with E-state index < -0.39 is 22.8 Å². The predicted octanol–water partition coefficient (Wildman–Crippen LogP) is -0.649. The maximum Gasteiger partial charge on any atom is 0.293 e. The highest BCUT2D eigenvalue weighted by Gasteiger charge is 2.27. The smallest absolute Gasteiger partial charge is 0.293 e. The van der Waals surface area contributed by atoms with Crippen molar-refractivity contribution in [2.45, 2.75) is 12.2 Å². The quantitative estimate of drug-likeness (QED) is 0.462. The molecule has 0 saturated heterocycles. The molecule has 0 saturated carbocycles. The van der Waals surface area contributed by atoms with Crippen LogP contribution < -0.4 is 10.5 Å². The van der Waals surface area contributed by atoms with E-state index in [2.05, 4.69) is 4.98 Å². The summed E-state index contributed by atoms with van der Waals surface area (Å²) in [5, 5.41) is 29.8. The number of ether oxygens (including phenoxy) is 1. The number of nitro groups is 1. The number of rotatable bonds is 5. The first kappa shape index (κ1) is 13.3. The second-order valence-electron chi connectivity index (χ2n) is 3.26. The van der Waals surface area contributed by atoms with Crippen LogP contribution in [-0.2, 0) is 0 Å². The molecule has 0 fully saturated rings. The van der Waals surface area contributed by atoms with E-state index in [1.165, 1.54) is 13.2 Å². The van der Waals surface area contributed by atoms with Gasteiger partial charge in [-0.15, -0.1) is 0 Å². The third-order valence-corrected chi connectivity index (χ3v) is 2.17. The van der Waals surface area contributed by atoms with Gasteiger partial charge in [0.15, 0.2) is 5.69 Å². The minimum absolute atomic E-state index is 0.105. The molecule has 94 valence electrons.